The molecule has 0 fully saturated rings. The molecule has 15 nitrogen and oxygen atoms in total. The van der Waals surface area contributed by atoms with E-state index in [1.54, 1.807) is 12.2 Å². The molecule has 2 aromatic rings. The van der Waals surface area contributed by atoms with Crippen molar-refractivity contribution in [2.45, 2.75) is 56.3 Å². The van der Waals surface area contributed by atoms with Crippen molar-refractivity contribution in [3.05, 3.63) is 77.9 Å². The van der Waals surface area contributed by atoms with Crippen molar-refractivity contribution in [3.8, 4) is 0 Å². The van der Waals surface area contributed by atoms with Gasteiger partial charge in [-0.1, -0.05) is 72.8 Å². The van der Waals surface area contributed by atoms with Crippen LogP contribution in [-0.2, 0) is 49.5 Å². The Labute approximate surface area is 284 Å². The molecule has 15 heteroatoms. The Morgan fingerprint density at radius 3 is 1.98 bits per heavy atom. The summed E-state index contributed by atoms with van der Waals surface area (Å²) >= 11 is 0. The highest BCUT2D eigenvalue weighted by molar-refractivity contribution is 5.91. The van der Waals surface area contributed by atoms with Gasteiger partial charge >= 0.3 is 17.9 Å². The SMILES string of the molecule is COC(=O)[C@H](CCC(=O)N(C)CC(=O)N[C@@H](CC(=O)O)C(=O)OC)NC(=O)C[C@H](/C=C/c1ccccc1)NC(=O)[C@H](N)Cc1ccccc1. The topological polar surface area (TPSA) is 224 Å². The third-order valence-electron chi connectivity index (χ3n) is 7.16. The van der Waals surface area contributed by atoms with Crippen LogP contribution >= 0.6 is 0 Å². The Kier molecular flexibility index (Phi) is 16.7. The standard InChI is InChI=1S/C34H43N5O10/c1-39(21-29(41)38-27(20-31(43)44)34(47)49-3)30(42)17-16-26(33(46)48-2)37-28(40)19-24(15-14-22-10-6-4-7-11-22)36-32(45)25(35)18-23-12-8-5-9-13-23/h4-15,24-27H,16-21,35H2,1-3H3,(H,36,45)(H,37,40)(H,38,41)(H,43,44)/b15-14+/t24-,25+,26-,27-/m0/s1. The van der Waals surface area contributed by atoms with Gasteiger partial charge in [0.25, 0.3) is 0 Å². The smallest absolute Gasteiger partial charge is 0.328 e. The van der Waals surface area contributed by atoms with Crippen molar-refractivity contribution in [1.82, 2.24) is 20.9 Å². The van der Waals surface area contributed by atoms with Gasteiger partial charge in [0, 0.05) is 13.5 Å². The number of rotatable bonds is 19. The highest BCUT2D eigenvalue weighted by Crippen LogP contribution is 2.09. The van der Waals surface area contributed by atoms with Crippen LogP contribution in [0.1, 0.15) is 36.8 Å². The fourth-order valence-corrected chi connectivity index (χ4v) is 4.57. The minimum Gasteiger partial charge on any atom is -0.481 e. The summed E-state index contributed by atoms with van der Waals surface area (Å²) in [5.74, 6) is -5.64. The van der Waals surface area contributed by atoms with Crippen molar-refractivity contribution in [2.24, 2.45) is 5.73 Å². The number of ether oxygens (including phenoxy) is 2. The summed E-state index contributed by atoms with van der Waals surface area (Å²) in [5, 5.41) is 16.5. The predicted molar refractivity (Wildman–Crippen MR) is 177 cm³/mol. The molecule has 0 heterocycles. The van der Waals surface area contributed by atoms with E-state index < -0.39 is 78.7 Å². The Hall–Kier alpha value is -5.57. The Bertz CT molecular complexity index is 1470. The fraction of sp³-hybridized carbons (Fsp3) is 0.382. The molecule has 0 aliphatic carbocycles. The van der Waals surface area contributed by atoms with Gasteiger partial charge in [-0.05, 0) is 24.0 Å². The molecule has 2 rings (SSSR count). The number of carbonyl (C=O) groups excluding carboxylic acids is 6. The first-order valence-electron chi connectivity index (χ1n) is 15.4. The number of hydrogen-bond donors (Lipinski definition) is 5. The minimum absolute atomic E-state index is 0.189. The summed E-state index contributed by atoms with van der Waals surface area (Å²) in [4.78, 5) is 87.7. The second kappa shape index (κ2) is 20.6. The quantitative estimate of drug-likeness (QED) is 0.126. The number of benzene rings is 2. The number of nitrogens with zero attached hydrogens (tertiary/aromatic N) is 1. The van der Waals surface area contributed by atoms with Gasteiger partial charge in [-0.25, -0.2) is 9.59 Å². The normalized spacial score (nSPS) is 13.2. The van der Waals surface area contributed by atoms with Crippen LogP contribution in [0.3, 0.4) is 0 Å². The molecule has 0 aliphatic heterocycles. The number of methoxy groups -OCH3 is 2. The molecular weight excluding hydrogens is 638 g/mol. The number of nitrogens with two attached hydrogens (primary N) is 1. The zero-order chi connectivity index (χ0) is 36.3. The molecule has 0 bridgehead atoms. The average molecular weight is 682 g/mol. The lowest BCUT2D eigenvalue weighted by molar-refractivity contribution is -0.149. The summed E-state index contributed by atoms with van der Waals surface area (Å²) < 4.78 is 9.31. The maximum absolute atomic E-state index is 13.2. The van der Waals surface area contributed by atoms with Gasteiger partial charge in [0.15, 0.2) is 0 Å². The highest BCUT2D eigenvalue weighted by atomic mass is 16.5. The lowest BCUT2D eigenvalue weighted by Crippen LogP contribution is -2.49. The highest BCUT2D eigenvalue weighted by Gasteiger charge is 2.28. The van der Waals surface area contributed by atoms with E-state index in [1.165, 1.54) is 7.05 Å². The van der Waals surface area contributed by atoms with Crippen LogP contribution in [0, 0.1) is 0 Å². The van der Waals surface area contributed by atoms with Crippen molar-refractivity contribution in [3.63, 3.8) is 0 Å². The van der Waals surface area contributed by atoms with Gasteiger partial charge in [-0.2, -0.15) is 0 Å². The largest absolute Gasteiger partial charge is 0.481 e. The number of nitrogens with one attached hydrogen (secondary N) is 3. The first-order valence-corrected chi connectivity index (χ1v) is 15.4. The summed E-state index contributed by atoms with van der Waals surface area (Å²) in [6.07, 6.45) is 2.18. The molecule has 0 aromatic heterocycles. The van der Waals surface area contributed by atoms with Crippen LogP contribution in [0.2, 0.25) is 0 Å². The van der Waals surface area contributed by atoms with E-state index in [-0.39, 0.29) is 25.7 Å². The van der Waals surface area contributed by atoms with E-state index >= 15 is 0 Å². The predicted octanol–water partition coefficient (Wildman–Crippen LogP) is 0.174. The summed E-state index contributed by atoms with van der Waals surface area (Å²) in [7, 11) is 3.46. The van der Waals surface area contributed by atoms with E-state index in [1.807, 2.05) is 60.7 Å². The number of likely N-dealkylation sites (N-methyl/N-ethyl adjacent to an activating group) is 1. The zero-order valence-electron chi connectivity index (χ0n) is 27.6. The third-order valence-corrected chi connectivity index (χ3v) is 7.16. The molecule has 0 saturated heterocycles. The molecule has 0 radical (unpaired) electrons. The molecule has 264 valence electrons. The first-order chi connectivity index (χ1) is 23.3. The third kappa shape index (κ3) is 14.8. The van der Waals surface area contributed by atoms with Gasteiger partial charge in [-0.15, -0.1) is 0 Å². The summed E-state index contributed by atoms with van der Waals surface area (Å²) in [5.41, 5.74) is 7.84. The summed E-state index contributed by atoms with van der Waals surface area (Å²) in [6, 6.07) is 14.0. The second-order valence-corrected chi connectivity index (χ2v) is 11.1. The number of amides is 4. The molecular formula is C34H43N5O10. The summed E-state index contributed by atoms with van der Waals surface area (Å²) in [6.45, 7) is -0.525. The molecule has 0 saturated carbocycles. The lowest BCUT2D eigenvalue weighted by Gasteiger charge is -2.22. The van der Waals surface area contributed by atoms with Crippen LogP contribution in [-0.4, -0.2) is 104 Å². The van der Waals surface area contributed by atoms with E-state index in [9.17, 15) is 33.6 Å². The number of carboxylic acid groups (broad SMARTS) is 1. The molecule has 0 unspecified atom stereocenters. The van der Waals surface area contributed by atoms with Crippen molar-refractivity contribution >= 4 is 47.6 Å². The number of carboxylic acids is 1. The Balaban J connectivity index is 2.04. The molecule has 4 amide bonds. The first kappa shape index (κ1) is 39.6. The van der Waals surface area contributed by atoms with Crippen LogP contribution in [0.4, 0.5) is 0 Å². The van der Waals surface area contributed by atoms with Crippen LogP contribution in [0.25, 0.3) is 6.08 Å². The molecule has 4 atom stereocenters. The molecule has 0 spiro atoms. The van der Waals surface area contributed by atoms with Gasteiger partial charge in [0.2, 0.25) is 23.6 Å². The van der Waals surface area contributed by atoms with Gasteiger partial charge < -0.3 is 41.2 Å². The molecule has 49 heavy (non-hydrogen) atoms. The van der Waals surface area contributed by atoms with E-state index in [0.717, 1.165) is 30.2 Å². The maximum Gasteiger partial charge on any atom is 0.328 e. The Morgan fingerprint density at radius 1 is 0.816 bits per heavy atom. The molecule has 2 aromatic carbocycles. The maximum atomic E-state index is 13.2. The monoisotopic (exact) mass is 681 g/mol. The van der Waals surface area contributed by atoms with E-state index in [4.69, 9.17) is 15.6 Å². The number of esters is 2. The van der Waals surface area contributed by atoms with E-state index in [2.05, 4.69) is 20.7 Å². The van der Waals surface area contributed by atoms with Gasteiger partial charge in [-0.3, -0.25) is 24.0 Å². The zero-order valence-corrected chi connectivity index (χ0v) is 27.6. The van der Waals surface area contributed by atoms with Crippen LogP contribution in [0.5, 0.6) is 0 Å². The Morgan fingerprint density at radius 2 is 1.39 bits per heavy atom. The van der Waals surface area contributed by atoms with E-state index in [0.29, 0.717) is 0 Å². The molecule has 0 aliphatic rings. The second-order valence-electron chi connectivity index (χ2n) is 11.1. The fourth-order valence-electron chi connectivity index (χ4n) is 4.57. The van der Waals surface area contributed by atoms with Crippen molar-refractivity contribution < 1.29 is 48.1 Å². The van der Waals surface area contributed by atoms with Gasteiger partial charge in [0.05, 0.1) is 45.7 Å². The lowest BCUT2D eigenvalue weighted by atomic mass is 10.0. The van der Waals surface area contributed by atoms with Crippen LogP contribution < -0.4 is 21.7 Å². The molecule has 6 N–H and O–H groups in total. The minimum atomic E-state index is -1.45. The number of aliphatic carboxylic acids is 1. The van der Waals surface area contributed by atoms with Crippen LogP contribution in [0.15, 0.2) is 66.7 Å². The van der Waals surface area contributed by atoms with Crippen molar-refractivity contribution in [2.75, 3.05) is 27.8 Å². The number of carbonyl (C=O) groups is 7. The van der Waals surface area contributed by atoms with Gasteiger partial charge in [0.1, 0.15) is 12.1 Å². The van der Waals surface area contributed by atoms with Crippen molar-refractivity contribution in [1.29, 1.82) is 0 Å². The average Bonchev–Trinajstić information content (AvgIpc) is 3.08. The number of hydrogen-bond acceptors (Lipinski definition) is 10.